The lowest BCUT2D eigenvalue weighted by molar-refractivity contribution is -0.145. The van der Waals surface area contributed by atoms with E-state index in [0.29, 0.717) is 18.7 Å². The average Bonchev–Trinajstić information content (AvgIpc) is 3.32. The summed E-state index contributed by atoms with van der Waals surface area (Å²) in [5, 5.41) is 12.7. The summed E-state index contributed by atoms with van der Waals surface area (Å²) in [6.45, 7) is 0.0363. The van der Waals surface area contributed by atoms with E-state index in [0.717, 1.165) is 22.2 Å². The van der Waals surface area contributed by atoms with Crippen LogP contribution in [-0.4, -0.2) is 31.2 Å². The summed E-state index contributed by atoms with van der Waals surface area (Å²) in [5.74, 6) is 0.203. The van der Waals surface area contributed by atoms with Gasteiger partial charge in [0.1, 0.15) is 0 Å². The number of benzene rings is 2. The lowest BCUT2D eigenvalue weighted by atomic mass is 10.1. The molecule has 2 heterocycles. The molecule has 0 spiro atoms. The number of rotatable bonds is 6. The van der Waals surface area contributed by atoms with Crippen molar-refractivity contribution in [2.24, 2.45) is 0 Å². The van der Waals surface area contributed by atoms with Crippen LogP contribution in [0.15, 0.2) is 60.8 Å². The number of para-hydroxylation sites is 2. The third kappa shape index (κ3) is 3.32. The predicted molar refractivity (Wildman–Crippen MR) is 95.6 cm³/mol. The molecule has 0 aliphatic rings. The minimum Gasteiger partial charge on any atom is -0.457 e. The lowest BCUT2D eigenvalue weighted by Gasteiger charge is -2.06. The Morgan fingerprint density at radius 3 is 2.77 bits per heavy atom. The van der Waals surface area contributed by atoms with E-state index in [4.69, 9.17) is 4.74 Å². The number of carbonyl (C=O) groups is 1. The van der Waals surface area contributed by atoms with Crippen LogP contribution in [0.4, 0.5) is 0 Å². The van der Waals surface area contributed by atoms with E-state index in [-0.39, 0.29) is 12.6 Å². The molecule has 130 valence electrons. The van der Waals surface area contributed by atoms with E-state index in [1.54, 1.807) is 4.68 Å². The van der Waals surface area contributed by atoms with Gasteiger partial charge < -0.3 is 9.72 Å². The van der Waals surface area contributed by atoms with Crippen molar-refractivity contribution in [1.82, 2.24) is 25.2 Å². The van der Waals surface area contributed by atoms with E-state index >= 15 is 0 Å². The molecular weight excluding hydrogens is 330 g/mol. The molecule has 26 heavy (non-hydrogen) atoms. The second kappa shape index (κ2) is 7.18. The molecule has 0 aliphatic heterocycles. The number of ether oxygens (including phenoxy) is 1. The highest BCUT2D eigenvalue weighted by Crippen LogP contribution is 2.19. The number of hydrogen-bond acceptors (Lipinski definition) is 5. The third-order valence-electron chi connectivity index (χ3n) is 4.17. The van der Waals surface area contributed by atoms with E-state index in [9.17, 15) is 4.79 Å². The monoisotopic (exact) mass is 347 g/mol. The van der Waals surface area contributed by atoms with Gasteiger partial charge in [-0.15, -0.1) is 5.10 Å². The molecule has 0 bridgehead atoms. The van der Waals surface area contributed by atoms with Gasteiger partial charge in [0.15, 0.2) is 12.4 Å². The molecule has 0 saturated carbocycles. The summed E-state index contributed by atoms with van der Waals surface area (Å²) in [6.07, 6.45) is 2.86. The molecule has 0 saturated heterocycles. The SMILES string of the molecule is O=C(CCc1c[nH]c2ccccc12)OCc1nnnn1-c1ccccc1. The number of nitrogens with zero attached hydrogens (tertiary/aromatic N) is 4. The molecule has 0 amide bonds. The highest BCUT2D eigenvalue weighted by atomic mass is 16.5. The van der Waals surface area contributed by atoms with Gasteiger partial charge in [-0.25, -0.2) is 0 Å². The Morgan fingerprint density at radius 2 is 1.88 bits per heavy atom. The summed E-state index contributed by atoms with van der Waals surface area (Å²) in [5.41, 5.74) is 2.99. The van der Waals surface area contributed by atoms with Crippen LogP contribution >= 0.6 is 0 Å². The van der Waals surface area contributed by atoms with Crippen molar-refractivity contribution in [2.45, 2.75) is 19.4 Å². The first kappa shape index (κ1) is 16.0. The summed E-state index contributed by atoms with van der Waals surface area (Å²) < 4.78 is 6.91. The topological polar surface area (TPSA) is 85.7 Å². The number of aromatic amines is 1. The molecule has 0 atom stereocenters. The Kier molecular flexibility index (Phi) is 4.42. The van der Waals surface area contributed by atoms with Crippen LogP contribution in [0, 0.1) is 0 Å². The molecule has 4 aromatic rings. The number of carbonyl (C=O) groups excluding carboxylic acids is 1. The van der Waals surface area contributed by atoms with E-state index in [1.807, 2.05) is 60.8 Å². The number of fused-ring (bicyclic) bond motifs is 1. The largest absolute Gasteiger partial charge is 0.457 e. The van der Waals surface area contributed by atoms with E-state index < -0.39 is 0 Å². The van der Waals surface area contributed by atoms with Gasteiger partial charge in [0, 0.05) is 23.5 Å². The second-order valence-corrected chi connectivity index (χ2v) is 5.86. The molecule has 2 aromatic heterocycles. The molecule has 0 aliphatic carbocycles. The standard InChI is InChI=1S/C19H17N5O2/c25-19(11-10-14-12-20-17-9-5-4-8-16(14)17)26-13-18-21-22-23-24(18)15-6-2-1-3-7-15/h1-9,12,20H,10-11,13H2. The molecule has 7 heteroatoms. The van der Waals surface area contributed by atoms with Gasteiger partial charge in [-0.2, -0.15) is 4.68 Å². The number of aryl methyl sites for hydroxylation is 1. The Morgan fingerprint density at radius 1 is 1.08 bits per heavy atom. The van der Waals surface area contributed by atoms with Gasteiger partial charge in [0.2, 0.25) is 0 Å². The number of H-pyrrole nitrogens is 1. The number of hydrogen-bond donors (Lipinski definition) is 1. The highest BCUT2D eigenvalue weighted by Gasteiger charge is 2.12. The minimum absolute atomic E-state index is 0.0363. The summed E-state index contributed by atoms with van der Waals surface area (Å²) >= 11 is 0. The zero-order valence-corrected chi connectivity index (χ0v) is 14.0. The molecule has 4 rings (SSSR count). The number of aromatic nitrogens is 5. The van der Waals surface area contributed by atoms with Gasteiger partial charge in [0.25, 0.3) is 0 Å². The first-order valence-corrected chi connectivity index (χ1v) is 8.34. The van der Waals surface area contributed by atoms with Gasteiger partial charge in [-0.1, -0.05) is 36.4 Å². The molecule has 1 N–H and O–H groups in total. The van der Waals surface area contributed by atoms with Gasteiger partial charge >= 0.3 is 5.97 Å². The number of esters is 1. The Labute approximate surface area is 149 Å². The average molecular weight is 347 g/mol. The summed E-state index contributed by atoms with van der Waals surface area (Å²) in [7, 11) is 0. The van der Waals surface area contributed by atoms with Crippen molar-refractivity contribution in [3.05, 3.63) is 72.2 Å². The van der Waals surface area contributed by atoms with Crippen molar-refractivity contribution in [2.75, 3.05) is 0 Å². The van der Waals surface area contributed by atoms with E-state index in [2.05, 4.69) is 20.5 Å². The predicted octanol–water partition coefficient (Wildman–Crippen LogP) is 2.82. The van der Waals surface area contributed by atoms with E-state index in [1.165, 1.54) is 0 Å². The first-order chi connectivity index (χ1) is 12.8. The van der Waals surface area contributed by atoms with Crippen LogP contribution < -0.4 is 0 Å². The molecular formula is C19H17N5O2. The molecule has 2 aromatic carbocycles. The zero-order valence-electron chi connectivity index (χ0n) is 14.0. The van der Waals surface area contributed by atoms with Crippen LogP contribution in [0.2, 0.25) is 0 Å². The van der Waals surface area contributed by atoms with Crippen LogP contribution in [0.25, 0.3) is 16.6 Å². The number of tetrazole rings is 1. The Balaban J connectivity index is 1.36. The van der Waals surface area contributed by atoms with Crippen LogP contribution in [-0.2, 0) is 22.6 Å². The first-order valence-electron chi connectivity index (χ1n) is 8.34. The van der Waals surface area contributed by atoms with Crippen LogP contribution in [0.1, 0.15) is 17.8 Å². The fourth-order valence-electron chi connectivity index (χ4n) is 2.86. The highest BCUT2D eigenvalue weighted by molar-refractivity contribution is 5.83. The van der Waals surface area contributed by atoms with Crippen molar-refractivity contribution in [3.63, 3.8) is 0 Å². The maximum Gasteiger partial charge on any atom is 0.306 e. The van der Waals surface area contributed by atoms with Crippen molar-refractivity contribution in [1.29, 1.82) is 0 Å². The van der Waals surface area contributed by atoms with Gasteiger partial charge in [0.05, 0.1) is 5.69 Å². The fourth-order valence-corrected chi connectivity index (χ4v) is 2.86. The smallest absolute Gasteiger partial charge is 0.306 e. The van der Waals surface area contributed by atoms with Crippen molar-refractivity contribution >= 4 is 16.9 Å². The second-order valence-electron chi connectivity index (χ2n) is 5.86. The fraction of sp³-hybridized carbons (Fsp3) is 0.158. The molecule has 0 radical (unpaired) electrons. The molecule has 0 unspecified atom stereocenters. The summed E-state index contributed by atoms with van der Waals surface area (Å²) in [4.78, 5) is 15.3. The van der Waals surface area contributed by atoms with Gasteiger partial charge in [-0.3, -0.25) is 4.79 Å². The van der Waals surface area contributed by atoms with Gasteiger partial charge in [-0.05, 0) is 40.6 Å². The van der Waals surface area contributed by atoms with Crippen molar-refractivity contribution < 1.29 is 9.53 Å². The Hall–Kier alpha value is -3.48. The van der Waals surface area contributed by atoms with Crippen LogP contribution in [0.3, 0.4) is 0 Å². The Bertz CT molecular complexity index is 1020. The number of nitrogens with one attached hydrogen (secondary N) is 1. The quantitative estimate of drug-likeness (QED) is 0.542. The van der Waals surface area contributed by atoms with Crippen LogP contribution in [0.5, 0.6) is 0 Å². The maximum absolute atomic E-state index is 12.1. The maximum atomic E-state index is 12.1. The molecule has 0 fully saturated rings. The summed E-state index contributed by atoms with van der Waals surface area (Å²) in [6, 6.07) is 17.5. The normalized spacial score (nSPS) is 10.9. The lowest BCUT2D eigenvalue weighted by Crippen LogP contribution is -2.10. The third-order valence-corrected chi connectivity index (χ3v) is 4.17. The minimum atomic E-state index is -0.280. The molecule has 7 nitrogen and oxygen atoms in total. The zero-order chi connectivity index (χ0) is 17.8. The van der Waals surface area contributed by atoms with Crippen molar-refractivity contribution in [3.8, 4) is 5.69 Å².